The Hall–Kier alpha value is -1.36. The second-order valence-corrected chi connectivity index (χ2v) is 6.79. The molecule has 0 aliphatic rings. The average molecular weight is 322 g/mol. The molecule has 0 aliphatic heterocycles. The molecule has 120 valence electrons. The van der Waals surface area contributed by atoms with Gasteiger partial charge in [0.15, 0.2) is 0 Å². The van der Waals surface area contributed by atoms with Crippen molar-refractivity contribution in [3.63, 3.8) is 0 Å². The van der Waals surface area contributed by atoms with E-state index in [9.17, 15) is 5.11 Å². The van der Waals surface area contributed by atoms with E-state index in [1.54, 1.807) is 19.1 Å². The lowest BCUT2D eigenvalue weighted by atomic mass is 9.96. The Balaban J connectivity index is 1.88. The Morgan fingerprint density at radius 1 is 1.41 bits per heavy atom. The van der Waals surface area contributed by atoms with Crippen LogP contribution in [-0.2, 0) is 18.7 Å². The minimum absolute atomic E-state index is 0.447. The minimum Gasteiger partial charge on any atom is -0.384 e. The van der Waals surface area contributed by atoms with Gasteiger partial charge in [-0.05, 0) is 30.5 Å². The number of nitrogens with zero attached hydrogens (tertiary/aromatic N) is 2. The summed E-state index contributed by atoms with van der Waals surface area (Å²) in [5, 5.41) is 18.8. The number of hydrogen-bond donors (Lipinski definition) is 2. The summed E-state index contributed by atoms with van der Waals surface area (Å²) in [6.07, 6.45) is 3.91. The Labute approximate surface area is 137 Å². The third-order valence-corrected chi connectivity index (χ3v) is 3.72. The van der Waals surface area contributed by atoms with E-state index in [0.717, 1.165) is 17.7 Å². The molecule has 0 bridgehead atoms. The summed E-state index contributed by atoms with van der Waals surface area (Å²) in [6.45, 7) is 8.16. The van der Waals surface area contributed by atoms with Crippen LogP contribution in [0.2, 0.25) is 5.02 Å². The van der Waals surface area contributed by atoms with E-state index >= 15 is 0 Å². The van der Waals surface area contributed by atoms with Crippen LogP contribution in [0.3, 0.4) is 0 Å². The van der Waals surface area contributed by atoms with Gasteiger partial charge < -0.3 is 10.4 Å². The van der Waals surface area contributed by atoms with E-state index in [4.69, 9.17) is 11.6 Å². The second kappa shape index (κ2) is 7.27. The predicted octanol–water partition coefficient (Wildman–Crippen LogP) is 3.19. The van der Waals surface area contributed by atoms with Crippen LogP contribution in [0.5, 0.6) is 0 Å². The first kappa shape index (κ1) is 17.0. The molecule has 1 aromatic heterocycles. The number of halogens is 1. The van der Waals surface area contributed by atoms with Crippen molar-refractivity contribution in [2.45, 2.75) is 39.5 Å². The van der Waals surface area contributed by atoms with Crippen LogP contribution in [0.4, 0.5) is 0 Å². The second-order valence-electron chi connectivity index (χ2n) is 6.35. The molecule has 0 amide bonds. The Morgan fingerprint density at radius 3 is 2.86 bits per heavy atom. The van der Waals surface area contributed by atoms with Gasteiger partial charge in [-0.2, -0.15) is 5.10 Å². The first-order valence-corrected chi connectivity index (χ1v) is 7.95. The molecule has 2 N–H and O–H groups in total. The van der Waals surface area contributed by atoms with E-state index in [2.05, 4.69) is 24.3 Å². The lowest BCUT2D eigenvalue weighted by molar-refractivity contribution is 0.0567. The summed E-state index contributed by atoms with van der Waals surface area (Å²) in [6, 6.07) is 7.33. The molecule has 1 heterocycles. The Morgan fingerprint density at radius 2 is 2.18 bits per heavy atom. The standard InChI is InChI=1S/C17H24ClN3O/c1-13(2)10-21-11-14(9-20-21)8-19-12-17(3,22)15-5-4-6-16(18)7-15/h4-7,9,11,13,19,22H,8,10,12H2,1-3H3. The lowest BCUT2D eigenvalue weighted by Gasteiger charge is -2.24. The highest BCUT2D eigenvalue weighted by atomic mass is 35.5. The molecule has 0 fully saturated rings. The number of benzene rings is 1. The summed E-state index contributed by atoms with van der Waals surface area (Å²) < 4.78 is 1.96. The van der Waals surface area contributed by atoms with Crippen molar-refractivity contribution in [1.29, 1.82) is 0 Å². The first-order valence-electron chi connectivity index (χ1n) is 7.57. The zero-order chi connectivity index (χ0) is 16.2. The molecule has 5 heteroatoms. The summed E-state index contributed by atoms with van der Waals surface area (Å²) in [5.41, 5.74) is 0.962. The third-order valence-electron chi connectivity index (χ3n) is 3.48. The fraction of sp³-hybridized carbons (Fsp3) is 0.471. The normalized spacial score (nSPS) is 14.3. The van der Waals surface area contributed by atoms with Crippen molar-refractivity contribution >= 4 is 11.6 Å². The topological polar surface area (TPSA) is 50.1 Å². The van der Waals surface area contributed by atoms with Crippen LogP contribution < -0.4 is 5.32 Å². The van der Waals surface area contributed by atoms with Crippen molar-refractivity contribution in [1.82, 2.24) is 15.1 Å². The van der Waals surface area contributed by atoms with Gasteiger partial charge >= 0.3 is 0 Å². The van der Waals surface area contributed by atoms with Crippen molar-refractivity contribution < 1.29 is 5.11 Å². The van der Waals surface area contributed by atoms with Gasteiger partial charge in [0.1, 0.15) is 0 Å². The van der Waals surface area contributed by atoms with Crippen LogP contribution in [0, 0.1) is 5.92 Å². The van der Waals surface area contributed by atoms with E-state index in [1.807, 2.05) is 29.2 Å². The molecule has 0 spiro atoms. The van der Waals surface area contributed by atoms with Gasteiger partial charge in [-0.3, -0.25) is 4.68 Å². The summed E-state index contributed by atoms with van der Waals surface area (Å²) in [7, 11) is 0. The van der Waals surface area contributed by atoms with E-state index in [0.29, 0.717) is 24.0 Å². The third kappa shape index (κ3) is 4.83. The number of hydrogen-bond acceptors (Lipinski definition) is 3. The molecule has 0 saturated heterocycles. The molecule has 4 nitrogen and oxygen atoms in total. The zero-order valence-corrected chi connectivity index (χ0v) is 14.1. The molecule has 2 rings (SSSR count). The largest absolute Gasteiger partial charge is 0.384 e. The van der Waals surface area contributed by atoms with Gasteiger partial charge in [-0.1, -0.05) is 37.6 Å². The van der Waals surface area contributed by atoms with Crippen molar-refractivity contribution in [2.75, 3.05) is 6.54 Å². The van der Waals surface area contributed by atoms with Crippen LogP contribution in [0.25, 0.3) is 0 Å². The van der Waals surface area contributed by atoms with Gasteiger partial charge in [0, 0.05) is 36.4 Å². The Kier molecular flexibility index (Phi) is 5.62. The molecular weight excluding hydrogens is 298 g/mol. The molecule has 22 heavy (non-hydrogen) atoms. The number of rotatable bonds is 7. The summed E-state index contributed by atoms with van der Waals surface area (Å²) >= 11 is 5.98. The monoisotopic (exact) mass is 321 g/mol. The van der Waals surface area contributed by atoms with E-state index in [-0.39, 0.29) is 0 Å². The van der Waals surface area contributed by atoms with Gasteiger partial charge in [0.05, 0.1) is 11.8 Å². The van der Waals surface area contributed by atoms with Crippen LogP contribution in [0.15, 0.2) is 36.7 Å². The summed E-state index contributed by atoms with van der Waals surface area (Å²) in [4.78, 5) is 0. The van der Waals surface area contributed by atoms with Crippen molar-refractivity contribution in [2.24, 2.45) is 5.92 Å². The molecule has 0 saturated carbocycles. The fourth-order valence-electron chi connectivity index (χ4n) is 2.35. The fourth-order valence-corrected chi connectivity index (χ4v) is 2.54. The van der Waals surface area contributed by atoms with E-state index in [1.165, 1.54) is 0 Å². The number of aromatic nitrogens is 2. The SMILES string of the molecule is CC(C)Cn1cc(CNCC(C)(O)c2cccc(Cl)c2)cn1. The quantitative estimate of drug-likeness (QED) is 0.823. The van der Waals surface area contributed by atoms with Crippen LogP contribution >= 0.6 is 11.6 Å². The summed E-state index contributed by atoms with van der Waals surface area (Å²) in [5.74, 6) is 0.573. The smallest absolute Gasteiger partial charge is 0.0992 e. The predicted molar refractivity (Wildman–Crippen MR) is 89.8 cm³/mol. The zero-order valence-electron chi connectivity index (χ0n) is 13.4. The molecule has 1 atom stereocenters. The Bertz CT molecular complexity index is 607. The van der Waals surface area contributed by atoms with Gasteiger partial charge in [0.25, 0.3) is 0 Å². The van der Waals surface area contributed by atoms with Crippen molar-refractivity contribution in [3.05, 3.63) is 52.8 Å². The number of nitrogens with one attached hydrogen (secondary N) is 1. The molecule has 2 aromatic rings. The van der Waals surface area contributed by atoms with Gasteiger partial charge in [0.2, 0.25) is 0 Å². The first-order chi connectivity index (χ1) is 10.4. The average Bonchev–Trinajstić information content (AvgIpc) is 2.85. The lowest BCUT2D eigenvalue weighted by Crippen LogP contribution is -2.35. The molecule has 1 aromatic carbocycles. The maximum Gasteiger partial charge on any atom is 0.0992 e. The van der Waals surface area contributed by atoms with Crippen LogP contribution in [0.1, 0.15) is 31.9 Å². The highest BCUT2D eigenvalue weighted by Gasteiger charge is 2.22. The molecule has 1 unspecified atom stereocenters. The van der Waals surface area contributed by atoms with Gasteiger partial charge in [-0.15, -0.1) is 0 Å². The maximum atomic E-state index is 10.6. The molecule has 0 aliphatic carbocycles. The maximum absolute atomic E-state index is 10.6. The van der Waals surface area contributed by atoms with E-state index < -0.39 is 5.60 Å². The highest BCUT2D eigenvalue weighted by molar-refractivity contribution is 6.30. The molecular formula is C17H24ClN3O. The highest BCUT2D eigenvalue weighted by Crippen LogP contribution is 2.22. The minimum atomic E-state index is -0.959. The van der Waals surface area contributed by atoms with Crippen LogP contribution in [-0.4, -0.2) is 21.4 Å². The van der Waals surface area contributed by atoms with Crippen molar-refractivity contribution in [3.8, 4) is 0 Å². The van der Waals surface area contributed by atoms with Gasteiger partial charge in [-0.25, -0.2) is 0 Å². The number of aliphatic hydroxyl groups is 1. The molecule has 0 radical (unpaired) electrons.